The molecule has 0 unspecified atom stereocenters. The van der Waals surface area contributed by atoms with E-state index in [9.17, 15) is 4.79 Å². The number of halogens is 1. The lowest BCUT2D eigenvalue weighted by Crippen LogP contribution is -2.00. The molecule has 90 valence electrons. The fraction of sp³-hybridized carbons (Fsp3) is 0.308. The fourth-order valence-electron chi connectivity index (χ4n) is 2.07. The molecule has 0 atom stereocenters. The number of aliphatic carboxylic acids is 1. The van der Waals surface area contributed by atoms with Crippen molar-refractivity contribution in [3.05, 3.63) is 34.4 Å². The van der Waals surface area contributed by atoms with Crippen molar-refractivity contribution in [2.24, 2.45) is 0 Å². The molecule has 1 aromatic heterocycles. The van der Waals surface area contributed by atoms with Gasteiger partial charge in [0.15, 0.2) is 0 Å². The van der Waals surface area contributed by atoms with Gasteiger partial charge in [0, 0.05) is 27.6 Å². The van der Waals surface area contributed by atoms with Gasteiger partial charge in [-0.25, -0.2) is 0 Å². The number of aromatic nitrogens is 1. The van der Waals surface area contributed by atoms with Crippen LogP contribution in [0.5, 0.6) is 0 Å². The van der Waals surface area contributed by atoms with E-state index in [2.05, 4.69) is 34.3 Å². The van der Waals surface area contributed by atoms with Crippen LogP contribution < -0.4 is 0 Å². The molecule has 0 saturated heterocycles. The standard InChI is InChI=1S/C13H14BrNO2/c1-8(2)15-7-9(6-12(16)17)13-10(14)4-3-5-11(13)15/h3-5,7-8H,6H2,1-2H3,(H,16,17). The highest BCUT2D eigenvalue weighted by atomic mass is 79.9. The minimum absolute atomic E-state index is 0.0544. The minimum atomic E-state index is -0.802. The second kappa shape index (κ2) is 4.53. The number of hydrogen-bond acceptors (Lipinski definition) is 1. The molecule has 2 rings (SSSR count). The largest absolute Gasteiger partial charge is 0.481 e. The van der Waals surface area contributed by atoms with Gasteiger partial charge in [0.1, 0.15) is 0 Å². The molecule has 1 N–H and O–H groups in total. The lowest BCUT2D eigenvalue weighted by Gasteiger charge is -2.08. The second-order valence-electron chi connectivity index (χ2n) is 4.36. The predicted octanol–water partition coefficient (Wildman–Crippen LogP) is 3.61. The van der Waals surface area contributed by atoms with Crippen LogP contribution in [-0.4, -0.2) is 15.6 Å². The Hall–Kier alpha value is -1.29. The number of carboxylic acid groups (broad SMARTS) is 1. The van der Waals surface area contributed by atoms with E-state index in [1.165, 1.54) is 0 Å². The van der Waals surface area contributed by atoms with Crippen LogP contribution in [-0.2, 0) is 11.2 Å². The molecule has 0 bridgehead atoms. The summed E-state index contributed by atoms with van der Waals surface area (Å²) >= 11 is 3.49. The molecule has 0 radical (unpaired) electrons. The van der Waals surface area contributed by atoms with Crippen molar-refractivity contribution in [2.75, 3.05) is 0 Å². The summed E-state index contributed by atoms with van der Waals surface area (Å²) < 4.78 is 3.06. The van der Waals surface area contributed by atoms with Crippen molar-refractivity contribution in [2.45, 2.75) is 26.3 Å². The predicted molar refractivity (Wildman–Crippen MR) is 71.4 cm³/mol. The fourth-order valence-corrected chi connectivity index (χ4v) is 2.68. The highest BCUT2D eigenvalue weighted by Crippen LogP contribution is 2.31. The van der Waals surface area contributed by atoms with E-state index in [1.807, 2.05) is 24.4 Å². The molecular formula is C13H14BrNO2. The van der Waals surface area contributed by atoms with Crippen molar-refractivity contribution >= 4 is 32.8 Å². The summed E-state index contributed by atoms with van der Waals surface area (Å²) in [6.45, 7) is 4.18. The summed E-state index contributed by atoms with van der Waals surface area (Å²) in [4.78, 5) is 10.9. The van der Waals surface area contributed by atoms with E-state index >= 15 is 0 Å². The van der Waals surface area contributed by atoms with Crippen molar-refractivity contribution in [3.8, 4) is 0 Å². The third kappa shape index (κ3) is 2.22. The summed E-state index contributed by atoms with van der Waals surface area (Å²) in [7, 11) is 0. The molecule has 17 heavy (non-hydrogen) atoms. The SMILES string of the molecule is CC(C)n1cc(CC(=O)O)c2c(Br)cccc21. The van der Waals surface area contributed by atoms with E-state index in [0.717, 1.165) is 20.9 Å². The summed E-state index contributed by atoms with van der Waals surface area (Å²) in [5, 5.41) is 9.94. The Morgan fingerprint density at radius 2 is 2.18 bits per heavy atom. The van der Waals surface area contributed by atoms with Crippen molar-refractivity contribution in [3.63, 3.8) is 0 Å². The van der Waals surface area contributed by atoms with Gasteiger partial charge in [0.25, 0.3) is 0 Å². The molecule has 0 aliphatic carbocycles. The topological polar surface area (TPSA) is 42.2 Å². The molecule has 0 saturated carbocycles. The van der Waals surface area contributed by atoms with Gasteiger partial charge in [-0.05, 0) is 31.5 Å². The Bertz CT molecular complexity index is 572. The number of nitrogens with zero attached hydrogens (tertiary/aromatic N) is 1. The maximum atomic E-state index is 10.9. The zero-order valence-corrected chi connectivity index (χ0v) is 11.4. The average molecular weight is 296 g/mol. The van der Waals surface area contributed by atoms with E-state index in [-0.39, 0.29) is 6.42 Å². The molecule has 0 aliphatic heterocycles. The van der Waals surface area contributed by atoms with E-state index in [1.54, 1.807) is 0 Å². The van der Waals surface area contributed by atoms with Crippen LogP contribution in [0.1, 0.15) is 25.5 Å². The van der Waals surface area contributed by atoms with Crippen molar-refractivity contribution in [1.82, 2.24) is 4.57 Å². The quantitative estimate of drug-likeness (QED) is 0.940. The molecule has 4 heteroatoms. The molecule has 1 heterocycles. The summed E-state index contributed by atoms with van der Waals surface area (Å²) in [5.41, 5.74) is 1.93. The van der Waals surface area contributed by atoms with Crippen molar-refractivity contribution in [1.29, 1.82) is 0 Å². The van der Waals surface area contributed by atoms with Gasteiger partial charge in [0.05, 0.1) is 6.42 Å². The molecule has 0 aliphatic rings. The average Bonchev–Trinajstić information content (AvgIpc) is 2.57. The smallest absolute Gasteiger partial charge is 0.307 e. The maximum absolute atomic E-state index is 10.9. The van der Waals surface area contributed by atoms with Gasteiger partial charge >= 0.3 is 5.97 Å². The third-order valence-electron chi connectivity index (χ3n) is 2.78. The van der Waals surface area contributed by atoms with Gasteiger partial charge in [-0.3, -0.25) is 4.79 Å². The van der Waals surface area contributed by atoms with Gasteiger partial charge in [0.2, 0.25) is 0 Å². The lowest BCUT2D eigenvalue weighted by molar-refractivity contribution is -0.136. The Labute approximate surface area is 108 Å². The van der Waals surface area contributed by atoms with Gasteiger partial charge in [-0.2, -0.15) is 0 Å². The summed E-state index contributed by atoms with van der Waals surface area (Å²) in [5.74, 6) is -0.802. The summed E-state index contributed by atoms with van der Waals surface area (Å²) in [6, 6.07) is 6.24. The van der Waals surface area contributed by atoms with E-state index in [4.69, 9.17) is 5.11 Å². The number of carboxylic acids is 1. The van der Waals surface area contributed by atoms with Gasteiger partial charge in [-0.15, -0.1) is 0 Å². The highest BCUT2D eigenvalue weighted by molar-refractivity contribution is 9.10. The molecular weight excluding hydrogens is 282 g/mol. The van der Waals surface area contributed by atoms with Gasteiger partial charge in [-0.1, -0.05) is 22.0 Å². The van der Waals surface area contributed by atoms with Crippen LogP contribution in [0.15, 0.2) is 28.9 Å². The van der Waals surface area contributed by atoms with Crippen LogP contribution in [0.3, 0.4) is 0 Å². The van der Waals surface area contributed by atoms with Crippen LogP contribution in [0.25, 0.3) is 10.9 Å². The molecule has 1 aromatic carbocycles. The van der Waals surface area contributed by atoms with Crippen LogP contribution in [0.4, 0.5) is 0 Å². The Morgan fingerprint density at radius 1 is 1.47 bits per heavy atom. The van der Waals surface area contributed by atoms with Crippen LogP contribution in [0.2, 0.25) is 0 Å². The third-order valence-corrected chi connectivity index (χ3v) is 3.44. The molecule has 2 aromatic rings. The Balaban J connectivity index is 2.71. The number of hydrogen-bond donors (Lipinski definition) is 1. The number of carbonyl (C=O) groups is 1. The normalized spacial score (nSPS) is 11.3. The summed E-state index contributed by atoms with van der Waals surface area (Å²) in [6.07, 6.45) is 1.99. The molecule has 3 nitrogen and oxygen atoms in total. The first-order valence-corrected chi connectivity index (χ1v) is 6.29. The number of benzene rings is 1. The first kappa shape index (κ1) is 12.2. The first-order chi connectivity index (χ1) is 8.00. The monoisotopic (exact) mass is 295 g/mol. The zero-order valence-electron chi connectivity index (χ0n) is 9.77. The zero-order chi connectivity index (χ0) is 12.6. The van der Waals surface area contributed by atoms with Gasteiger partial charge < -0.3 is 9.67 Å². The maximum Gasteiger partial charge on any atom is 0.307 e. The Kier molecular flexibility index (Phi) is 3.24. The Morgan fingerprint density at radius 3 is 2.76 bits per heavy atom. The minimum Gasteiger partial charge on any atom is -0.481 e. The van der Waals surface area contributed by atoms with Crippen LogP contribution in [0, 0.1) is 0 Å². The number of rotatable bonds is 3. The first-order valence-electron chi connectivity index (χ1n) is 5.50. The van der Waals surface area contributed by atoms with E-state index in [0.29, 0.717) is 6.04 Å². The van der Waals surface area contributed by atoms with Crippen molar-refractivity contribution < 1.29 is 9.90 Å². The lowest BCUT2D eigenvalue weighted by atomic mass is 10.1. The molecule has 0 amide bonds. The molecule has 0 spiro atoms. The second-order valence-corrected chi connectivity index (χ2v) is 5.21. The molecule has 0 fully saturated rings. The van der Waals surface area contributed by atoms with E-state index < -0.39 is 5.97 Å². The highest BCUT2D eigenvalue weighted by Gasteiger charge is 2.14. The number of fused-ring (bicyclic) bond motifs is 1. The van der Waals surface area contributed by atoms with Crippen LogP contribution >= 0.6 is 15.9 Å².